The van der Waals surface area contributed by atoms with Crippen LogP contribution in [0.2, 0.25) is 0 Å². The van der Waals surface area contributed by atoms with Gasteiger partial charge in [0, 0.05) is 32.7 Å². The van der Waals surface area contributed by atoms with Crippen LogP contribution in [0.3, 0.4) is 0 Å². The summed E-state index contributed by atoms with van der Waals surface area (Å²) in [6.45, 7) is 8.91. The van der Waals surface area contributed by atoms with Gasteiger partial charge in [-0.1, -0.05) is 33.1 Å². The van der Waals surface area contributed by atoms with E-state index in [4.69, 9.17) is 0 Å². The highest BCUT2D eigenvalue weighted by atomic mass is 16.2. The third kappa shape index (κ3) is 4.10. The van der Waals surface area contributed by atoms with Gasteiger partial charge in [-0.2, -0.15) is 0 Å². The predicted octanol–water partition coefficient (Wildman–Crippen LogP) is 2.21. The Balaban J connectivity index is 1.77. The molecule has 2 amide bonds. The van der Waals surface area contributed by atoms with Crippen molar-refractivity contribution in [1.29, 1.82) is 0 Å². The van der Waals surface area contributed by atoms with Crippen LogP contribution in [0.1, 0.15) is 46.0 Å². The number of urea groups is 1. The van der Waals surface area contributed by atoms with Crippen molar-refractivity contribution in [1.82, 2.24) is 15.5 Å². The van der Waals surface area contributed by atoms with Gasteiger partial charge in [-0.15, -0.1) is 0 Å². The number of nitrogens with one attached hydrogen (secondary N) is 2. The Bertz CT molecular complexity index is 292. The first kappa shape index (κ1) is 14.6. The molecule has 1 saturated carbocycles. The summed E-state index contributed by atoms with van der Waals surface area (Å²) in [5.41, 5.74) is 0.226. The number of amides is 2. The van der Waals surface area contributed by atoms with Crippen molar-refractivity contribution in [3.05, 3.63) is 0 Å². The lowest BCUT2D eigenvalue weighted by atomic mass is 9.71. The molecule has 1 aliphatic carbocycles. The molecule has 19 heavy (non-hydrogen) atoms. The molecule has 0 spiro atoms. The molecule has 2 rings (SSSR count). The maximum Gasteiger partial charge on any atom is 0.317 e. The van der Waals surface area contributed by atoms with Crippen LogP contribution in [0.25, 0.3) is 0 Å². The van der Waals surface area contributed by atoms with E-state index in [1.165, 1.54) is 32.1 Å². The second-order valence-electron chi connectivity index (χ2n) is 6.72. The smallest absolute Gasteiger partial charge is 0.317 e. The zero-order valence-electron chi connectivity index (χ0n) is 12.5. The Labute approximate surface area is 117 Å². The number of carbonyl (C=O) groups excluding carboxylic acids is 1. The van der Waals surface area contributed by atoms with E-state index >= 15 is 0 Å². The fraction of sp³-hybridized carbons (Fsp3) is 0.933. The molecular formula is C15H29N3O. The summed E-state index contributed by atoms with van der Waals surface area (Å²) in [7, 11) is 0. The van der Waals surface area contributed by atoms with Gasteiger partial charge in [0.2, 0.25) is 0 Å². The monoisotopic (exact) mass is 267 g/mol. The summed E-state index contributed by atoms with van der Waals surface area (Å²) in [5, 5.41) is 6.42. The van der Waals surface area contributed by atoms with Gasteiger partial charge in [0.05, 0.1) is 0 Å². The summed E-state index contributed by atoms with van der Waals surface area (Å²) >= 11 is 0. The van der Waals surface area contributed by atoms with E-state index in [-0.39, 0.29) is 11.4 Å². The number of nitrogens with zero attached hydrogens (tertiary/aromatic N) is 1. The van der Waals surface area contributed by atoms with E-state index in [0.29, 0.717) is 0 Å². The highest BCUT2D eigenvalue weighted by molar-refractivity contribution is 5.74. The molecule has 2 fully saturated rings. The molecule has 0 aromatic rings. The van der Waals surface area contributed by atoms with Crippen molar-refractivity contribution >= 4 is 6.03 Å². The molecule has 4 nitrogen and oxygen atoms in total. The van der Waals surface area contributed by atoms with Crippen molar-refractivity contribution in [2.75, 3.05) is 32.7 Å². The lowest BCUT2D eigenvalue weighted by Gasteiger charge is -2.38. The van der Waals surface area contributed by atoms with Gasteiger partial charge in [0.25, 0.3) is 0 Å². The molecule has 0 atom stereocenters. The average molecular weight is 267 g/mol. The van der Waals surface area contributed by atoms with E-state index in [9.17, 15) is 4.79 Å². The third-order valence-corrected chi connectivity index (χ3v) is 4.81. The lowest BCUT2D eigenvalue weighted by molar-refractivity contribution is 0.145. The highest BCUT2D eigenvalue weighted by Gasteiger charge is 2.31. The Morgan fingerprint density at radius 1 is 1.21 bits per heavy atom. The largest absolute Gasteiger partial charge is 0.337 e. The van der Waals surface area contributed by atoms with Gasteiger partial charge in [-0.05, 0) is 24.2 Å². The minimum atomic E-state index is 0.116. The fourth-order valence-corrected chi connectivity index (χ4v) is 3.31. The topological polar surface area (TPSA) is 44.4 Å². The van der Waals surface area contributed by atoms with Crippen LogP contribution in [0.4, 0.5) is 4.79 Å². The molecule has 0 radical (unpaired) electrons. The third-order valence-electron chi connectivity index (χ3n) is 4.81. The van der Waals surface area contributed by atoms with Gasteiger partial charge in [0.1, 0.15) is 0 Å². The van der Waals surface area contributed by atoms with Gasteiger partial charge in [0.15, 0.2) is 0 Å². The molecule has 4 heteroatoms. The normalized spacial score (nSPS) is 22.3. The SMILES string of the molecule is CC(C)(CNC(=O)N1CCNCC1)C1CCCCC1. The zero-order chi connectivity index (χ0) is 13.7. The minimum absolute atomic E-state index is 0.116. The predicted molar refractivity (Wildman–Crippen MR) is 78.2 cm³/mol. The van der Waals surface area contributed by atoms with Gasteiger partial charge >= 0.3 is 6.03 Å². The van der Waals surface area contributed by atoms with E-state index in [0.717, 1.165) is 38.6 Å². The summed E-state index contributed by atoms with van der Waals surface area (Å²) in [6, 6.07) is 0.116. The highest BCUT2D eigenvalue weighted by Crippen LogP contribution is 2.37. The van der Waals surface area contributed by atoms with Crippen LogP contribution in [0.5, 0.6) is 0 Å². The summed E-state index contributed by atoms with van der Waals surface area (Å²) in [6.07, 6.45) is 6.77. The van der Waals surface area contributed by atoms with Crippen LogP contribution in [-0.2, 0) is 0 Å². The van der Waals surface area contributed by atoms with Crippen molar-refractivity contribution < 1.29 is 4.79 Å². The first-order valence-corrected chi connectivity index (χ1v) is 7.83. The van der Waals surface area contributed by atoms with Crippen LogP contribution < -0.4 is 10.6 Å². The molecule has 1 saturated heterocycles. The standard InChI is InChI=1S/C15H29N3O/c1-15(2,13-6-4-3-5-7-13)12-17-14(19)18-10-8-16-9-11-18/h13,16H,3-12H2,1-2H3,(H,17,19). The molecule has 2 aliphatic rings. The fourth-order valence-electron chi connectivity index (χ4n) is 3.31. The Morgan fingerprint density at radius 2 is 1.84 bits per heavy atom. The first-order valence-electron chi connectivity index (χ1n) is 7.83. The van der Waals surface area contributed by atoms with Crippen LogP contribution in [-0.4, -0.2) is 43.7 Å². The molecule has 2 N–H and O–H groups in total. The van der Waals surface area contributed by atoms with Crippen molar-refractivity contribution in [2.45, 2.75) is 46.0 Å². The number of piperazine rings is 1. The summed E-state index contributed by atoms with van der Waals surface area (Å²) < 4.78 is 0. The minimum Gasteiger partial charge on any atom is -0.337 e. The van der Waals surface area contributed by atoms with Crippen molar-refractivity contribution in [3.63, 3.8) is 0 Å². The maximum absolute atomic E-state index is 12.1. The summed E-state index contributed by atoms with van der Waals surface area (Å²) in [5.74, 6) is 0.768. The Morgan fingerprint density at radius 3 is 2.47 bits per heavy atom. The molecular weight excluding hydrogens is 238 g/mol. The average Bonchev–Trinajstić information content (AvgIpc) is 2.47. The molecule has 1 aliphatic heterocycles. The van der Waals surface area contributed by atoms with Crippen LogP contribution in [0, 0.1) is 11.3 Å². The lowest BCUT2D eigenvalue weighted by Crippen LogP contribution is -2.52. The molecule has 110 valence electrons. The van der Waals surface area contributed by atoms with Gasteiger partial charge < -0.3 is 15.5 Å². The Hall–Kier alpha value is -0.770. The molecule has 1 heterocycles. The maximum atomic E-state index is 12.1. The number of carbonyl (C=O) groups is 1. The van der Waals surface area contributed by atoms with Crippen LogP contribution >= 0.6 is 0 Å². The van der Waals surface area contributed by atoms with E-state index in [1.807, 2.05) is 4.90 Å². The quantitative estimate of drug-likeness (QED) is 0.823. The Kier molecular flexibility index (Phi) is 5.08. The number of hydrogen-bond donors (Lipinski definition) is 2. The molecule has 0 aromatic heterocycles. The van der Waals surface area contributed by atoms with Gasteiger partial charge in [-0.3, -0.25) is 0 Å². The van der Waals surface area contributed by atoms with E-state index < -0.39 is 0 Å². The number of rotatable bonds is 3. The second-order valence-corrected chi connectivity index (χ2v) is 6.72. The molecule has 0 unspecified atom stereocenters. The van der Waals surface area contributed by atoms with Crippen molar-refractivity contribution in [3.8, 4) is 0 Å². The molecule has 0 bridgehead atoms. The summed E-state index contributed by atoms with van der Waals surface area (Å²) in [4.78, 5) is 14.0. The first-order chi connectivity index (χ1) is 9.09. The number of hydrogen-bond acceptors (Lipinski definition) is 2. The zero-order valence-corrected chi connectivity index (χ0v) is 12.5. The molecule has 0 aromatic carbocycles. The van der Waals surface area contributed by atoms with E-state index in [1.54, 1.807) is 0 Å². The van der Waals surface area contributed by atoms with E-state index in [2.05, 4.69) is 24.5 Å². The van der Waals surface area contributed by atoms with Gasteiger partial charge in [-0.25, -0.2) is 4.79 Å². The van der Waals surface area contributed by atoms with Crippen LogP contribution in [0.15, 0.2) is 0 Å². The van der Waals surface area contributed by atoms with Crippen molar-refractivity contribution in [2.24, 2.45) is 11.3 Å². The second kappa shape index (κ2) is 6.60.